The zero-order valence-electron chi connectivity index (χ0n) is 13.3. The van der Waals surface area contributed by atoms with E-state index in [2.05, 4.69) is 15.2 Å². The van der Waals surface area contributed by atoms with Gasteiger partial charge in [0.05, 0.1) is 0 Å². The lowest BCUT2D eigenvalue weighted by molar-refractivity contribution is -0.123. The van der Waals surface area contributed by atoms with Gasteiger partial charge in [-0.3, -0.25) is 4.79 Å². The molecule has 1 amide bonds. The third-order valence-corrected chi connectivity index (χ3v) is 3.96. The Kier molecular flexibility index (Phi) is 5.25. The Morgan fingerprint density at radius 2 is 2.12 bits per heavy atom. The summed E-state index contributed by atoms with van der Waals surface area (Å²) in [6.45, 7) is 1.44. The molecular formula is C18H20FN3O2. The zero-order valence-corrected chi connectivity index (χ0v) is 13.3. The number of benzene rings is 1. The summed E-state index contributed by atoms with van der Waals surface area (Å²) in [6, 6.07) is 11.9. The van der Waals surface area contributed by atoms with E-state index in [0.29, 0.717) is 6.54 Å². The second-order valence-corrected chi connectivity index (χ2v) is 5.76. The standard InChI is InChI=1S/C18H20FN3O2/c19-15-7-1-2-8-16(15)24-13-18(23)21-14-6-5-11-22(12-14)17-9-3-4-10-20-17/h1-4,7-10,14H,5-6,11-13H2,(H,21,23). The van der Waals surface area contributed by atoms with Crippen LogP contribution in [0.15, 0.2) is 48.7 Å². The maximum Gasteiger partial charge on any atom is 0.258 e. The van der Waals surface area contributed by atoms with Gasteiger partial charge in [-0.2, -0.15) is 0 Å². The van der Waals surface area contributed by atoms with Crippen molar-refractivity contribution >= 4 is 11.7 Å². The highest BCUT2D eigenvalue weighted by Gasteiger charge is 2.22. The van der Waals surface area contributed by atoms with Gasteiger partial charge in [0.2, 0.25) is 0 Å². The van der Waals surface area contributed by atoms with E-state index in [0.717, 1.165) is 25.2 Å². The summed E-state index contributed by atoms with van der Waals surface area (Å²) in [7, 11) is 0. The number of anilines is 1. The summed E-state index contributed by atoms with van der Waals surface area (Å²) >= 11 is 0. The van der Waals surface area contributed by atoms with Crippen molar-refractivity contribution in [2.75, 3.05) is 24.6 Å². The maximum absolute atomic E-state index is 13.5. The molecule has 1 aromatic carbocycles. The Morgan fingerprint density at radius 3 is 2.92 bits per heavy atom. The van der Waals surface area contributed by atoms with Crippen molar-refractivity contribution in [2.24, 2.45) is 0 Å². The first kappa shape index (κ1) is 16.2. The van der Waals surface area contributed by atoms with E-state index in [1.807, 2.05) is 18.2 Å². The van der Waals surface area contributed by atoms with Gasteiger partial charge >= 0.3 is 0 Å². The number of hydrogen-bond acceptors (Lipinski definition) is 4. The molecule has 2 heterocycles. The van der Waals surface area contributed by atoms with Gasteiger partial charge < -0.3 is 15.0 Å². The van der Waals surface area contributed by atoms with E-state index in [4.69, 9.17) is 4.74 Å². The molecular weight excluding hydrogens is 309 g/mol. The first-order valence-electron chi connectivity index (χ1n) is 8.05. The molecule has 1 saturated heterocycles. The molecule has 6 heteroatoms. The summed E-state index contributed by atoms with van der Waals surface area (Å²) in [5.41, 5.74) is 0. The number of hydrogen-bond donors (Lipinski definition) is 1. The average molecular weight is 329 g/mol. The second kappa shape index (κ2) is 7.77. The second-order valence-electron chi connectivity index (χ2n) is 5.76. The number of piperidine rings is 1. The van der Waals surface area contributed by atoms with Crippen LogP contribution in [0.2, 0.25) is 0 Å². The number of carbonyl (C=O) groups excluding carboxylic acids is 1. The lowest BCUT2D eigenvalue weighted by Crippen LogP contribution is -2.49. The van der Waals surface area contributed by atoms with Crippen molar-refractivity contribution in [2.45, 2.75) is 18.9 Å². The van der Waals surface area contributed by atoms with Crippen LogP contribution in [0.25, 0.3) is 0 Å². The molecule has 0 bridgehead atoms. The maximum atomic E-state index is 13.5. The van der Waals surface area contributed by atoms with Crippen molar-refractivity contribution in [3.05, 3.63) is 54.5 Å². The molecule has 3 rings (SSSR count). The molecule has 1 atom stereocenters. The molecule has 0 aliphatic carbocycles. The normalized spacial score (nSPS) is 17.4. The molecule has 2 aromatic rings. The highest BCUT2D eigenvalue weighted by Crippen LogP contribution is 2.18. The lowest BCUT2D eigenvalue weighted by Gasteiger charge is -2.33. The van der Waals surface area contributed by atoms with Gasteiger partial charge in [-0.05, 0) is 37.1 Å². The van der Waals surface area contributed by atoms with Crippen molar-refractivity contribution in [3.8, 4) is 5.75 Å². The third-order valence-electron chi connectivity index (χ3n) is 3.96. The fourth-order valence-electron chi connectivity index (χ4n) is 2.82. The Morgan fingerprint density at radius 1 is 1.29 bits per heavy atom. The van der Waals surface area contributed by atoms with E-state index in [-0.39, 0.29) is 24.3 Å². The van der Waals surface area contributed by atoms with Gasteiger partial charge in [-0.15, -0.1) is 0 Å². The molecule has 0 radical (unpaired) electrons. The molecule has 1 aromatic heterocycles. The van der Waals surface area contributed by atoms with Crippen molar-refractivity contribution in [1.82, 2.24) is 10.3 Å². The Balaban J connectivity index is 1.50. The molecule has 0 spiro atoms. The fourth-order valence-corrected chi connectivity index (χ4v) is 2.82. The summed E-state index contributed by atoms with van der Waals surface area (Å²) in [4.78, 5) is 18.6. The molecule has 126 valence electrons. The van der Waals surface area contributed by atoms with Crippen LogP contribution in [0.1, 0.15) is 12.8 Å². The first-order valence-corrected chi connectivity index (χ1v) is 8.05. The predicted octanol–water partition coefficient (Wildman–Crippen LogP) is 2.38. The minimum absolute atomic E-state index is 0.0393. The number of halogens is 1. The average Bonchev–Trinajstić information content (AvgIpc) is 2.62. The van der Waals surface area contributed by atoms with Crippen LogP contribution in [0, 0.1) is 5.82 Å². The number of amides is 1. The van der Waals surface area contributed by atoms with E-state index < -0.39 is 5.82 Å². The monoisotopic (exact) mass is 329 g/mol. The van der Waals surface area contributed by atoms with Crippen molar-refractivity contribution in [3.63, 3.8) is 0 Å². The SMILES string of the molecule is O=C(COc1ccccc1F)NC1CCCN(c2ccccn2)C1. The minimum Gasteiger partial charge on any atom is -0.481 e. The van der Waals surface area contributed by atoms with Crippen LogP contribution >= 0.6 is 0 Å². The number of rotatable bonds is 5. The first-order chi connectivity index (χ1) is 11.7. The lowest BCUT2D eigenvalue weighted by atomic mass is 10.1. The van der Waals surface area contributed by atoms with Crippen LogP contribution in [0.3, 0.4) is 0 Å². The number of nitrogens with one attached hydrogen (secondary N) is 1. The highest BCUT2D eigenvalue weighted by molar-refractivity contribution is 5.78. The van der Waals surface area contributed by atoms with Gasteiger partial charge in [0.15, 0.2) is 18.2 Å². The number of nitrogens with zero attached hydrogens (tertiary/aromatic N) is 2. The summed E-state index contributed by atoms with van der Waals surface area (Å²) < 4.78 is 18.7. The highest BCUT2D eigenvalue weighted by atomic mass is 19.1. The minimum atomic E-state index is -0.468. The predicted molar refractivity (Wildman–Crippen MR) is 89.5 cm³/mol. The van der Waals surface area contributed by atoms with Gasteiger partial charge in [0.25, 0.3) is 5.91 Å². The smallest absolute Gasteiger partial charge is 0.258 e. The van der Waals surface area contributed by atoms with E-state index in [9.17, 15) is 9.18 Å². The summed E-state index contributed by atoms with van der Waals surface area (Å²) in [5, 5.41) is 2.95. The van der Waals surface area contributed by atoms with Crippen LogP contribution in [0.5, 0.6) is 5.75 Å². The molecule has 0 saturated carbocycles. The van der Waals surface area contributed by atoms with Gasteiger partial charge in [0.1, 0.15) is 5.82 Å². The number of carbonyl (C=O) groups is 1. The molecule has 1 aliphatic heterocycles. The van der Waals surface area contributed by atoms with Crippen LogP contribution in [0.4, 0.5) is 10.2 Å². The molecule has 24 heavy (non-hydrogen) atoms. The van der Waals surface area contributed by atoms with E-state index in [1.165, 1.54) is 12.1 Å². The number of para-hydroxylation sites is 1. The van der Waals surface area contributed by atoms with E-state index in [1.54, 1.807) is 18.3 Å². The number of ether oxygens (including phenoxy) is 1. The molecule has 1 N–H and O–H groups in total. The number of aromatic nitrogens is 1. The molecule has 1 aliphatic rings. The Labute approximate surface area is 140 Å². The Hall–Kier alpha value is -2.63. The molecule has 1 fully saturated rings. The summed E-state index contributed by atoms with van der Waals surface area (Å²) in [6.07, 6.45) is 3.66. The van der Waals surface area contributed by atoms with E-state index >= 15 is 0 Å². The van der Waals surface area contributed by atoms with Crippen molar-refractivity contribution in [1.29, 1.82) is 0 Å². The van der Waals surface area contributed by atoms with Crippen molar-refractivity contribution < 1.29 is 13.9 Å². The van der Waals surface area contributed by atoms with Gasteiger partial charge in [-0.25, -0.2) is 9.37 Å². The third kappa shape index (κ3) is 4.22. The number of pyridine rings is 1. The quantitative estimate of drug-likeness (QED) is 0.915. The molecule has 5 nitrogen and oxygen atoms in total. The van der Waals surface area contributed by atoms with Gasteiger partial charge in [0, 0.05) is 25.3 Å². The zero-order chi connectivity index (χ0) is 16.8. The van der Waals surface area contributed by atoms with Gasteiger partial charge in [-0.1, -0.05) is 18.2 Å². The largest absolute Gasteiger partial charge is 0.481 e. The fraction of sp³-hybridized carbons (Fsp3) is 0.333. The Bertz CT molecular complexity index is 681. The van der Waals surface area contributed by atoms with Crippen LogP contribution in [-0.4, -0.2) is 36.6 Å². The molecule has 1 unspecified atom stereocenters. The summed E-state index contributed by atoms with van der Waals surface area (Å²) in [5.74, 6) is 0.292. The topological polar surface area (TPSA) is 54.5 Å². The van der Waals surface area contributed by atoms with Crippen LogP contribution in [-0.2, 0) is 4.79 Å². The van der Waals surface area contributed by atoms with Crippen LogP contribution < -0.4 is 15.0 Å².